The van der Waals surface area contributed by atoms with Gasteiger partial charge in [-0.15, -0.1) is 0 Å². The first kappa shape index (κ1) is 23.7. The summed E-state index contributed by atoms with van der Waals surface area (Å²) >= 11 is -2.62. The van der Waals surface area contributed by atoms with Crippen molar-refractivity contribution < 1.29 is 9.90 Å². The van der Waals surface area contributed by atoms with Crippen LogP contribution in [0.15, 0.2) is 0 Å². The molecule has 0 aromatic heterocycles. The predicted octanol–water partition coefficient (Wildman–Crippen LogP) is 6.05. The van der Waals surface area contributed by atoms with Crippen LogP contribution in [0.4, 0.5) is 4.79 Å². The quantitative estimate of drug-likeness (QED) is 0.260. The van der Waals surface area contributed by atoms with Gasteiger partial charge < -0.3 is 0 Å². The second-order valence-corrected chi connectivity index (χ2v) is 24.5. The number of unbranched alkanes of at least 4 members (excludes halogenated alkanes) is 1. The van der Waals surface area contributed by atoms with Crippen LogP contribution in [-0.2, 0) is 0 Å². The van der Waals surface area contributed by atoms with Crippen molar-refractivity contribution in [2.75, 3.05) is 17.7 Å². The third-order valence-electron chi connectivity index (χ3n) is 8.52. The van der Waals surface area contributed by atoms with E-state index in [0.717, 1.165) is 29.2 Å². The van der Waals surface area contributed by atoms with Crippen molar-refractivity contribution in [3.05, 3.63) is 0 Å². The number of nitrogens with one attached hydrogen (secondary N) is 2. The molecule has 0 bridgehead atoms. The molecule has 3 N–H and O–H groups in total. The molecule has 0 aromatic rings. The third-order valence-corrected chi connectivity index (χ3v) is 28.7. The fourth-order valence-electron chi connectivity index (χ4n) is 7.09. The number of carbonyl (C=O) groups excluding carboxylic acids is 1. The van der Waals surface area contributed by atoms with E-state index in [0.29, 0.717) is 6.54 Å². The zero-order valence-electron chi connectivity index (χ0n) is 18.7. The van der Waals surface area contributed by atoms with Crippen molar-refractivity contribution in [2.24, 2.45) is 0 Å². The first-order chi connectivity index (χ1) is 14.3. The Balaban J connectivity index is 1.74. The normalized spacial score (nSPS) is 23.1. The van der Waals surface area contributed by atoms with Gasteiger partial charge in [-0.25, -0.2) is 0 Å². The second-order valence-electron chi connectivity index (χ2n) is 10.2. The van der Waals surface area contributed by atoms with Crippen LogP contribution in [-0.4, -0.2) is 47.2 Å². The van der Waals surface area contributed by atoms with Crippen molar-refractivity contribution in [2.45, 2.75) is 121 Å². The molecule has 168 valence electrons. The number of rotatable bonds is 9. The maximum atomic E-state index is 12.7. The summed E-state index contributed by atoms with van der Waals surface area (Å²) in [7, 11) is 0. The molecule has 0 aliphatic heterocycles. The molecule has 3 saturated carbocycles. The molecule has 2 amide bonds. The van der Waals surface area contributed by atoms with Crippen LogP contribution < -0.4 is 10.6 Å². The number of urea groups is 1. The monoisotopic (exact) mass is 514 g/mol. The summed E-state index contributed by atoms with van der Waals surface area (Å²) in [6.07, 6.45) is 23.4. The van der Waals surface area contributed by atoms with Crippen LogP contribution in [0.5, 0.6) is 0 Å². The Labute approximate surface area is 183 Å². The molecule has 3 aliphatic carbocycles. The van der Waals surface area contributed by atoms with Crippen LogP contribution in [0.3, 0.4) is 0 Å². The minimum atomic E-state index is -2.62. The standard InChI is InChI=1S/C6H13N2O2.3C6H11.Sn/c1-7-6(10)8-4-2-3-5-9;3*1-2-4-6-5-3-1;/h9H,1-5H2,(H2,7,8,10);3*1H,2-6H2;. The summed E-state index contributed by atoms with van der Waals surface area (Å²) in [5.74, 6) is 0. The average Bonchev–Trinajstić information content (AvgIpc) is 2.79. The van der Waals surface area contributed by atoms with E-state index in [2.05, 4.69) is 10.6 Å². The van der Waals surface area contributed by atoms with Crippen molar-refractivity contribution >= 4 is 24.4 Å². The third kappa shape index (κ3) is 6.51. The SMILES string of the molecule is O=C(NCCCCO)N[CH2][Sn]([CH]1CCCCC1)([CH]1CCCCC1)[CH]1CCCCC1. The van der Waals surface area contributed by atoms with Crippen LogP contribution in [0, 0.1) is 0 Å². The number of carbonyl (C=O) groups is 1. The number of hydrogen-bond acceptors (Lipinski definition) is 2. The van der Waals surface area contributed by atoms with Gasteiger partial charge >= 0.3 is 184 Å². The van der Waals surface area contributed by atoms with Crippen LogP contribution >= 0.6 is 0 Å². The van der Waals surface area contributed by atoms with Crippen LogP contribution in [0.25, 0.3) is 0 Å². The van der Waals surface area contributed by atoms with Gasteiger partial charge in [0.15, 0.2) is 0 Å². The van der Waals surface area contributed by atoms with E-state index in [4.69, 9.17) is 5.11 Å². The topological polar surface area (TPSA) is 61.4 Å². The number of hydrogen-bond donors (Lipinski definition) is 3. The van der Waals surface area contributed by atoms with E-state index < -0.39 is 18.4 Å². The molecular weight excluding hydrogens is 467 g/mol. The Hall–Kier alpha value is 0.0287. The summed E-state index contributed by atoms with van der Waals surface area (Å²) in [6, 6.07) is 0.0615. The first-order valence-electron chi connectivity index (χ1n) is 12.9. The molecule has 4 nitrogen and oxygen atoms in total. The van der Waals surface area contributed by atoms with Gasteiger partial charge in [0.05, 0.1) is 0 Å². The zero-order valence-corrected chi connectivity index (χ0v) is 21.6. The van der Waals surface area contributed by atoms with E-state index in [1.807, 2.05) is 0 Å². The fraction of sp³-hybridized carbons (Fsp3) is 0.958. The van der Waals surface area contributed by atoms with Gasteiger partial charge in [-0.2, -0.15) is 0 Å². The molecule has 0 spiro atoms. The Morgan fingerprint density at radius 1 is 0.690 bits per heavy atom. The van der Waals surface area contributed by atoms with E-state index in [1.54, 1.807) is 0 Å². The molecule has 3 aliphatic rings. The van der Waals surface area contributed by atoms with E-state index in [-0.39, 0.29) is 12.6 Å². The van der Waals surface area contributed by atoms with Crippen molar-refractivity contribution in [3.8, 4) is 0 Å². The Morgan fingerprint density at radius 3 is 1.55 bits per heavy atom. The molecule has 29 heavy (non-hydrogen) atoms. The summed E-state index contributed by atoms with van der Waals surface area (Å²) in [5, 5.41) is 15.5. The molecule has 5 heteroatoms. The Bertz CT molecular complexity index is 424. The summed E-state index contributed by atoms with van der Waals surface area (Å²) < 4.78 is 4.14. The number of aliphatic hydroxyl groups excluding tert-OH is 1. The van der Waals surface area contributed by atoms with Crippen molar-refractivity contribution in [1.29, 1.82) is 0 Å². The average molecular weight is 513 g/mol. The molecular formula is C24H46N2O2Sn. The van der Waals surface area contributed by atoms with Crippen LogP contribution in [0.2, 0.25) is 11.8 Å². The summed E-state index contributed by atoms with van der Waals surface area (Å²) in [4.78, 5) is 12.7. The maximum absolute atomic E-state index is 12.7. The fourth-order valence-corrected chi connectivity index (χ4v) is 29.3. The summed E-state index contributed by atoms with van der Waals surface area (Å²) in [5.41, 5.74) is 0. The number of aliphatic hydroxyl groups is 1. The van der Waals surface area contributed by atoms with E-state index in [9.17, 15) is 4.79 Å². The van der Waals surface area contributed by atoms with Gasteiger partial charge in [0.2, 0.25) is 0 Å². The van der Waals surface area contributed by atoms with Gasteiger partial charge in [-0.1, -0.05) is 0 Å². The van der Waals surface area contributed by atoms with Crippen LogP contribution in [0.1, 0.15) is 109 Å². The van der Waals surface area contributed by atoms with Gasteiger partial charge in [0.1, 0.15) is 0 Å². The summed E-state index contributed by atoms with van der Waals surface area (Å²) in [6.45, 7) is 0.902. The van der Waals surface area contributed by atoms with E-state index >= 15 is 0 Å². The Kier molecular flexibility index (Phi) is 10.4. The predicted molar refractivity (Wildman–Crippen MR) is 124 cm³/mol. The van der Waals surface area contributed by atoms with Gasteiger partial charge in [-0.3, -0.25) is 0 Å². The molecule has 0 heterocycles. The van der Waals surface area contributed by atoms with E-state index in [1.165, 1.54) is 96.3 Å². The molecule has 0 atom stereocenters. The van der Waals surface area contributed by atoms with Crippen molar-refractivity contribution in [1.82, 2.24) is 10.6 Å². The van der Waals surface area contributed by atoms with Gasteiger partial charge in [-0.05, 0) is 0 Å². The molecule has 3 fully saturated rings. The molecule has 0 unspecified atom stereocenters. The van der Waals surface area contributed by atoms with Gasteiger partial charge in [0, 0.05) is 0 Å². The first-order valence-corrected chi connectivity index (χ1v) is 19.9. The second kappa shape index (κ2) is 12.8. The van der Waals surface area contributed by atoms with Gasteiger partial charge in [0.25, 0.3) is 0 Å². The number of amides is 2. The zero-order chi connectivity index (χ0) is 20.4. The molecule has 0 saturated heterocycles. The van der Waals surface area contributed by atoms with Crippen molar-refractivity contribution in [3.63, 3.8) is 0 Å². The minimum absolute atomic E-state index is 0.0615. The Morgan fingerprint density at radius 2 is 1.14 bits per heavy atom. The molecule has 0 radical (unpaired) electrons. The molecule has 3 rings (SSSR count). The molecule has 0 aromatic carbocycles.